The molecule has 33 heteroatoms. The van der Waals surface area contributed by atoms with Crippen LogP contribution in [0.25, 0.3) is 21.5 Å². The molecule has 4 rings (SSSR count). The summed E-state index contributed by atoms with van der Waals surface area (Å²) in [5.41, 5.74) is -1.51. The molecule has 0 amide bonds. The Kier molecular flexibility index (Phi) is 12.5. The molecule has 0 bridgehead atoms. The number of ether oxygens (including phenoxy) is 1. The number of rotatable bonds is 14. The Morgan fingerprint density at radius 2 is 0.644 bits per heavy atom. The molecule has 0 radical (unpaired) electrons. The van der Waals surface area contributed by atoms with Crippen LogP contribution >= 0.6 is 0 Å². The van der Waals surface area contributed by atoms with Gasteiger partial charge < -0.3 is 4.74 Å². The van der Waals surface area contributed by atoms with E-state index in [2.05, 4.69) is 0 Å². The quantitative estimate of drug-likeness (QED) is 0.0639. The third-order valence-corrected chi connectivity index (χ3v) is 15.2. The second-order valence-corrected chi connectivity index (χ2v) is 22.5. The summed E-state index contributed by atoms with van der Waals surface area (Å²) in [6.07, 6.45) is 1.34. The lowest BCUT2D eigenvalue weighted by molar-refractivity contribution is 0.399. The van der Waals surface area contributed by atoms with Gasteiger partial charge in [0.05, 0.1) is 22.3 Å². The van der Waals surface area contributed by atoms with Crippen molar-refractivity contribution in [1.82, 2.24) is 0 Å². The van der Waals surface area contributed by atoms with E-state index in [1.807, 2.05) is 0 Å². The summed E-state index contributed by atoms with van der Waals surface area (Å²) >= 11 is 0. The van der Waals surface area contributed by atoms with Gasteiger partial charge in [0.2, 0.25) is 0 Å². The van der Waals surface area contributed by atoms with Gasteiger partial charge in [-0.25, -0.2) is 0 Å². The van der Waals surface area contributed by atoms with Crippen molar-refractivity contribution in [2.45, 2.75) is 52.0 Å². The van der Waals surface area contributed by atoms with Crippen molar-refractivity contribution in [3.05, 3.63) is 72.2 Å². The zero-order valence-corrected chi connectivity index (χ0v) is 34.5. The lowest BCUT2D eigenvalue weighted by Crippen LogP contribution is -2.14. The fourth-order valence-corrected chi connectivity index (χ4v) is 12.9. The molecule has 0 aliphatic rings. The molecule has 0 fully saturated rings. The van der Waals surface area contributed by atoms with Crippen molar-refractivity contribution in [3.63, 3.8) is 0 Å². The Labute approximate surface area is 333 Å². The summed E-state index contributed by atoms with van der Waals surface area (Å²) in [4.78, 5) is -13.0. The summed E-state index contributed by atoms with van der Waals surface area (Å²) in [5.74, 6) is 0. The highest BCUT2D eigenvalue weighted by Crippen LogP contribution is 2.41. The predicted molar refractivity (Wildman–Crippen MR) is 193 cm³/mol. The Balaban J connectivity index is 1.89. The molecule has 0 aliphatic heterocycles. The molecule has 0 aliphatic carbocycles. The first-order valence-corrected chi connectivity index (χ1v) is 25.9. The van der Waals surface area contributed by atoms with Gasteiger partial charge in [-0.3, -0.25) is 36.4 Å². The van der Waals surface area contributed by atoms with Crippen LogP contribution in [0.2, 0.25) is 0 Å². The van der Waals surface area contributed by atoms with Gasteiger partial charge in [0.15, 0.2) is 0 Å². The summed E-state index contributed by atoms with van der Waals surface area (Å²) in [6, 6.07) is 1.66. The highest BCUT2D eigenvalue weighted by Gasteiger charge is 2.35. The Bertz CT molecular complexity index is 3240. The van der Waals surface area contributed by atoms with E-state index >= 15 is 0 Å². The zero-order chi connectivity index (χ0) is 45.3. The van der Waals surface area contributed by atoms with Crippen LogP contribution in [0.15, 0.2) is 100 Å². The molecule has 0 aromatic heterocycles. The minimum absolute atomic E-state index is 0.00379. The molecule has 25 nitrogen and oxygen atoms in total. The number of benzene rings is 4. The Morgan fingerprint density at radius 1 is 0.373 bits per heavy atom. The predicted octanol–water partition coefficient (Wildman–Crippen LogP) is 0.796. The van der Waals surface area contributed by atoms with Crippen LogP contribution in [-0.2, 0) is 98.5 Å². The van der Waals surface area contributed by atoms with E-state index in [1.54, 1.807) is 0 Å². The first-order valence-electron chi connectivity index (χ1n) is 14.4. The average molecular weight is 991 g/mol. The second kappa shape index (κ2) is 15.5. The van der Waals surface area contributed by atoms with Crippen LogP contribution in [0.4, 0.5) is 0 Å². The van der Waals surface area contributed by atoms with Crippen molar-refractivity contribution in [1.29, 1.82) is 0 Å². The summed E-state index contributed by atoms with van der Waals surface area (Å²) in [6.45, 7) is 0. The lowest BCUT2D eigenvalue weighted by Gasteiger charge is -2.17. The van der Waals surface area contributed by atoms with Crippen LogP contribution in [0.3, 0.4) is 0 Å². The van der Waals surface area contributed by atoms with E-state index in [1.165, 1.54) is 0 Å². The molecule has 4 aromatic carbocycles. The minimum atomic E-state index is -5.86. The molecular formula is C26H22O25S8. The standard InChI is InChI=1S/C26H22O25S8/c27-52(28,29)17-7-5-15-13(19(54(33,34)35)11-21(56(39,40)41)23(15)25(17)58(45,46)47)3-1-9-51-10-2-4-14-16-6-8-18(53(30,31)32)26(59(48,49)50)24(16)22(57(42,43)44)12-20(14)55(36,37)38/h1-2,5-12H,3-4H2,(H,27,28,29)(H,30,31,32)(H,33,34,35)(H,36,37,38)(H,39,40,41)(H,42,43,44)(H,45,46,47)(H,48,49,50). The molecule has 0 saturated heterocycles. The molecule has 324 valence electrons. The maximum absolute atomic E-state index is 12.3. The van der Waals surface area contributed by atoms with Gasteiger partial charge in [-0.2, -0.15) is 67.3 Å². The third-order valence-electron chi connectivity index (χ3n) is 7.68. The van der Waals surface area contributed by atoms with Crippen molar-refractivity contribution in [2.75, 3.05) is 0 Å². The van der Waals surface area contributed by atoms with Crippen LogP contribution in [0.1, 0.15) is 11.1 Å². The molecule has 0 atom stereocenters. The number of hydrogen-bond acceptors (Lipinski definition) is 17. The number of fused-ring (bicyclic) bond motifs is 2. The van der Waals surface area contributed by atoms with Gasteiger partial charge in [0.1, 0.15) is 29.4 Å². The van der Waals surface area contributed by atoms with Crippen molar-refractivity contribution in [3.8, 4) is 0 Å². The number of allylic oxidation sites excluding steroid dienone is 2. The second-order valence-electron chi connectivity index (χ2n) is 11.4. The van der Waals surface area contributed by atoms with E-state index in [9.17, 15) is 104 Å². The molecule has 0 saturated carbocycles. The normalized spacial score (nSPS) is 14.2. The molecule has 4 aromatic rings. The highest BCUT2D eigenvalue weighted by molar-refractivity contribution is 7.90. The zero-order valence-electron chi connectivity index (χ0n) is 28.0. The van der Waals surface area contributed by atoms with Gasteiger partial charge in [0, 0.05) is 10.8 Å². The largest absolute Gasteiger partial charge is 0.473 e. The van der Waals surface area contributed by atoms with E-state index in [0.717, 1.165) is 12.2 Å². The van der Waals surface area contributed by atoms with Gasteiger partial charge in [-0.1, -0.05) is 12.1 Å². The molecule has 8 N–H and O–H groups in total. The van der Waals surface area contributed by atoms with Crippen molar-refractivity contribution in [2.24, 2.45) is 0 Å². The van der Waals surface area contributed by atoms with E-state index in [-0.39, 0.29) is 12.1 Å². The maximum Gasteiger partial charge on any atom is 0.296 e. The SMILES string of the molecule is O=S(=O)(O)c1cc(S(=O)(=O)O)c2c(S(=O)(=O)O)c(S(=O)(=O)O)ccc2c1CC=COC=CCc1c(S(=O)(=O)O)cc(S(=O)(=O)O)c2c(S(=O)(=O)O)c(S(=O)(=O)O)ccc12. The van der Waals surface area contributed by atoms with Crippen molar-refractivity contribution < 1.29 is 109 Å². The average Bonchev–Trinajstić information content (AvgIpc) is 3.02. The lowest BCUT2D eigenvalue weighted by atomic mass is 10.0. The van der Waals surface area contributed by atoms with Crippen LogP contribution in [0.5, 0.6) is 0 Å². The molecule has 0 unspecified atom stereocenters. The topological polar surface area (TPSA) is 444 Å². The van der Waals surface area contributed by atoms with Crippen LogP contribution < -0.4 is 0 Å². The smallest absolute Gasteiger partial charge is 0.296 e. The van der Waals surface area contributed by atoms with E-state index < -0.39 is 166 Å². The third kappa shape index (κ3) is 10.1. The highest BCUT2D eigenvalue weighted by atomic mass is 32.3. The maximum atomic E-state index is 12.3. The van der Waals surface area contributed by atoms with E-state index in [0.29, 0.717) is 36.8 Å². The van der Waals surface area contributed by atoms with Crippen molar-refractivity contribution >= 4 is 102 Å². The summed E-state index contributed by atoms with van der Waals surface area (Å²) in [5, 5.41) is -4.48. The van der Waals surface area contributed by atoms with Crippen LogP contribution in [0, 0.1) is 0 Å². The monoisotopic (exact) mass is 990 g/mol. The molecular weight excluding hydrogens is 969 g/mol. The first-order chi connectivity index (χ1) is 26.4. The Morgan fingerprint density at radius 3 is 0.881 bits per heavy atom. The summed E-state index contributed by atoms with van der Waals surface area (Å²) in [7, 11) is -45.4. The Hall–Kier alpha value is -4.04. The first kappa shape index (κ1) is 47.6. The van der Waals surface area contributed by atoms with Gasteiger partial charge in [0.25, 0.3) is 80.9 Å². The van der Waals surface area contributed by atoms with Gasteiger partial charge >= 0.3 is 0 Å². The fraction of sp³-hybridized carbons (Fsp3) is 0.0769. The van der Waals surface area contributed by atoms with Gasteiger partial charge in [-0.15, -0.1) is 0 Å². The molecule has 0 heterocycles. The number of hydrogen-bond donors (Lipinski definition) is 8. The molecule has 0 spiro atoms. The van der Waals surface area contributed by atoms with Gasteiger partial charge in [-0.05, 0) is 71.2 Å². The molecule has 59 heavy (non-hydrogen) atoms. The minimum Gasteiger partial charge on any atom is -0.473 e. The van der Waals surface area contributed by atoms with Crippen LogP contribution in [-0.4, -0.2) is 104 Å². The fourth-order valence-electron chi connectivity index (χ4n) is 5.64. The summed E-state index contributed by atoms with van der Waals surface area (Å²) < 4.78 is 279. The van der Waals surface area contributed by atoms with E-state index in [4.69, 9.17) is 4.74 Å².